The number of benzene rings is 2. The molecule has 2 nitrogen and oxygen atoms in total. The second-order valence-corrected chi connectivity index (χ2v) is 4.19. The molecule has 0 aromatic heterocycles. The van der Waals surface area contributed by atoms with Crippen LogP contribution in [-0.4, -0.2) is 12.5 Å². The topological polar surface area (TPSA) is 29.1 Å². The lowest BCUT2D eigenvalue weighted by Gasteiger charge is -2.05. The van der Waals surface area contributed by atoms with Gasteiger partial charge in [0.05, 0.1) is 6.54 Å². The third-order valence-corrected chi connectivity index (χ3v) is 2.88. The van der Waals surface area contributed by atoms with Crippen LogP contribution < -0.4 is 5.32 Å². The predicted molar refractivity (Wildman–Crippen MR) is 81.0 cm³/mol. The summed E-state index contributed by atoms with van der Waals surface area (Å²) in [5, 5.41) is 2.63. The number of carbonyl (C=O) groups excluding carboxylic acids is 1. The molecule has 2 rings (SSSR count). The van der Waals surface area contributed by atoms with Crippen LogP contribution in [0.15, 0.2) is 48.5 Å². The van der Waals surface area contributed by atoms with Gasteiger partial charge in [-0.25, -0.2) is 0 Å². The average molecular weight is 259 g/mol. The van der Waals surface area contributed by atoms with Crippen LogP contribution in [0.25, 0.3) is 11.1 Å². The highest BCUT2D eigenvalue weighted by molar-refractivity contribution is 5.94. The highest BCUT2D eigenvalue weighted by Gasteiger charge is 2.04. The van der Waals surface area contributed by atoms with Crippen molar-refractivity contribution in [3.63, 3.8) is 0 Å². The molecule has 0 aliphatic heterocycles. The Bertz CT molecular complexity index is 682. The molecule has 0 saturated heterocycles. The van der Waals surface area contributed by atoms with Crippen LogP contribution in [0.4, 0.5) is 0 Å². The van der Waals surface area contributed by atoms with E-state index in [1.54, 1.807) is 12.1 Å². The largest absolute Gasteiger partial charge is 0.341 e. The maximum absolute atomic E-state index is 11.7. The Morgan fingerprint density at radius 2 is 1.50 bits per heavy atom. The van der Waals surface area contributed by atoms with E-state index < -0.39 is 0 Å². The zero-order valence-electron chi connectivity index (χ0n) is 10.9. The maximum atomic E-state index is 11.7. The van der Waals surface area contributed by atoms with E-state index in [1.165, 1.54) is 0 Å². The van der Waals surface area contributed by atoms with Gasteiger partial charge in [-0.1, -0.05) is 36.1 Å². The molecule has 20 heavy (non-hydrogen) atoms. The summed E-state index contributed by atoms with van der Waals surface area (Å²) in [6.07, 6.45) is 10.4. The highest BCUT2D eigenvalue weighted by atomic mass is 16.1. The molecular weight excluding hydrogens is 246 g/mol. The smallest absolute Gasteiger partial charge is 0.252 e. The van der Waals surface area contributed by atoms with Crippen LogP contribution in [0.2, 0.25) is 0 Å². The number of nitrogens with one attached hydrogen (secondary N) is 1. The van der Waals surface area contributed by atoms with Crippen LogP contribution in [0.5, 0.6) is 0 Å². The van der Waals surface area contributed by atoms with Gasteiger partial charge in [0.1, 0.15) is 0 Å². The molecule has 1 N–H and O–H groups in total. The first-order valence-electron chi connectivity index (χ1n) is 6.13. The molecule has 0 spiro atoms. The first-order chi connectivity index (χ1) is 9.74. The van der Waals surface area contributed by atoms with E-state index in [-0.39, 0.29) is 12.5 Å². The quantitative estimate of drug-likeness (QED) is 0.844. The van der Waals surface area contributed by atoms with Gasteiger partial charge in [0.25, 0.3) is 5.91 Å². The lowest BCUT2D eigenvalue weighted by molar-refractivity contribution is 0.0958. The molecule has 0 unspecified atom stereocenters. The Balaban J connectivity index is 2.17. The van der Waals surface area contributed by atoms with Gasteiger partial charge < -0.3 is 5.32 Å². The predicted octanol–water partition coefficient (Wildman–Crippen LogP) is 2.70. The maximum Gasteiger partial charge on any atom is 0.252 e. The molecule has 96 valence electrons. The minimum absolute atomic E-state index is 0.169. The number of hydrogen-bond donors (Lipinski definition) is 1. The van der Waals surface area contributed by atoms with E-state index in [4.69, 9.17) is 12.8 Å². The number of amides is 1. The van der Waals surface area contributed by atoms with E-state index in [0.29, 0.717) is 5.56 Å². The third-order valence-electron chi connectivity index (χ3n) is 2.88. The lowest BCUT2D eigenvalue weighted by Crippen LogP contribution is -2.23. The number of hydrogen-bond acceptors (Lipinski definition) is 1. The Labute approximate surface area is 118 Å². The first kappa shape index (κ1) is 13.5. The zero-order valence-corrected chi connectivity index (χ0v) is 10.9. The summed E-state index contributed by atoms with van der Waals surface area (Å²) in [5.74, 6) is 4.78. The van der Waals surface area contributed by atoms with E-state index in [1.807, 2.05) is 36.4 Å². The minimum atomic E-state index is -0.169. The molecule has 0 fully saturated rings. The molecule has 0 radical (unpaired) electrons. The summed E-state index contributed by atoms with van der Waals surface area (Å²) in [4.78, 5) is 11.7. The van der Waals surface area contributed by atoms with Crippen LogP contribution in [0.3, 0.4) is 0 Å². The van der Waals surface area contributed by atoms with E-state index in [9.17, 15) is 4.79 Å². The van der Waals surface area contributed by atoms with Gasteiger partial charge >= 0.3 is 0 Å². The average Bonchev–Trinajstić information content (AvgIpc) is 2.53. The third kappa shape index (κ3) is 3.07. The second-order valence-electron chi connectivity index (χ2n) is 4.19. The summed E-state index contributed by atoms with van der Waals surface area (Å²) in [6, 6.07) is 15.1. The van der Waals surface area contributed by atoms with Crippen molar-refractivity contribution < 1.29 is 4.79 Å². The Morgan fingerprint density at radius 1 is 0.950 bits per heavy atom. The van der Waals surface area contributed by atoms with Gasteiger partial charge in [-0.15, -0.1) is 12.8 Å². The molecule has 0 bridgehead atoms. The molecule has 0 aliphatic carbocycles. The number of carbonyl (C=O) groups is 1. The van der Waals surface area contributed by atoms with Crippen molar-refractivity contribution in [1.82, 2.24) is 5.32 Å². The van der Waals surface area contributed by atoms with Gasteiger partial charge in [0, 0.05) is 11.1 Å². The van der Waals surface area contributed by atoms with Crippen molar-refractivity contribution in [3.8, 4) is 35.8 Å². The van der Waals surface area contributed by atoms with Crippen molar-refractivity contribution >= 4 is 5.91 Å². The summed E-state index contributed by atoms with van der Waals surface area (Å²) < 4.78 is 0. The monoisotopic (exact) mass is 259 g/mol. The van der Waals surface area contributed by atoms with Crippen molar-refractivity contribution in [2.24, 2.45) is 0 Å². The standard InChI is InChI=1S/C18H13NO/c1-3-13-19-18(20)17-11-9-16(10-12-17)15-7-5-14(4-2)6-8-15/h1-2,5-12H,13H2,(H,19,20). The summed E-state index contributed by atoms with van der Waals surface area (Å²) >= 11 is 0. The van der Waals surface area contributed by atoms with Crippen molar-refractivity contribution in [2.75, 3.05) is 6.54 Å². The van der Waals surface area contributed by atoms with Crippen LogP contribution in [0.1, 0.15) is 15.9 Å². The SMILES string of the molecule is C#CCNC(=O)c1ccc(-c2ccc(C#C)cc2)cc1. The lowest BCUT2D eigenvalue weighted by atomic mass is 10.0. The summed E-state index contributed by atoms with van der Waals surface area (Å²) in [7, 11) is 0. The van der Waals surface area contributed by atoms with Crippen LogP contribution in [0, 0.1) is 24.7 Å². The second kappa shape index (κ2) is 6.27. The van der Waals surface area contributed by atoms with Gasteiger partial charge in [-0.3, -0.25) is 4.79 Å². The number of terminal acetylenes is 2. The fourth-order valence-corrected chi connectivity index (χ4v) is 1.81. The molecule has 1 amide bonds. The van der Waals surface area contributed by atoms with Gasteiger partial charge in [-0.05, 0) is 35.4 Å². The summed E-state index contributed by atoms with van der Waals surface area (Å²) in [6.45, 7) is 0.230. The molecule has 2 heteroatoms. The van der Waals surface area contributed by atoms with Crippen molar-refractivity contribution in [3.05, 3.63) is 59.7 Å². The molecule has 0 heterocycles. The van der Waals surface area contributed by atoms with E-state index in [2.05, 4.69) is 17.2 Å². The minimum Gasteiger partial charge on any atom is -0.341 e. The number of rotatable bonds is 3. The van der Waals surface area contributed by atoms with E-state index >= 15 is 0 Å². The summed E-state index contributed by atoms with van der Waals surface area (Å²) in [5.41, 5.74) is 3.52. The molecule has 0 atom stereocenters. The Morgan fingerprint density at radius 3 is 2.00 bits per heavy atom. The fourth-order valence-electron chi connectivity index (χ4n) is 1.81. The first-order valence-corrected chi connectivity index (χ1v) is 6.13. The Hall–Kier alpha value is -2.97. The van der Waals surface area contributed by atoms with Gasteiger partial charge in [-0.2, -0.15) is 0 Å². The van der Waals surface area contributed by atoms with Crippen LogP contribution >= 0.6 is 0 Å². The van der Waals surface area contributed by atoms with Crippen LogP contribution in [-0.2, 0) is 0 Å². The fraction of sp³-hybridized carbons (Fsp3) is 0.0556. The van der Waals surface area contributed by atoms with Gasteiger partial charge in [0.2, 0.25) is 0 Å². The zero-order chi connectivity index (χ0) is 14.4. The van der Waals surface area contributed by atoms with Crippen molar-refractivity contribution in [2.45, 2.75) is 0 Å². The molecular formula is C18H13NO. The van der Waals surface area contributed by atoms with E-state index in [0.717, 1.165) is 16.7 Å². The van der Waals surface area contributed by atoms with Gasteiger partial charge in [0.15, 0.2) is 0 Å². The normalized spacial score (nSPS) is 9.30. The molecule has 0 aliphatic rings. The molecule has 0 saturated carbocycles. The van der Waals surface area contributed by atoms with Crippen molar-refractivity contribution in [1.29, 1.82) is 0 Å². The molecule has 2 aromatic carbocycles. The highest BCUT2D eigenvalue weighted by Crippen LogP contribution is 2.20. The Kier molecular flexibility index (Phi) is 4.22. The molecule has 2 aromatic rings.